The Morgan fingerprint density at radius 1 is 0.500 bits per heavy atom. The molecule has 8 aromatic heterocycles. The molecule has 0 aliphatic carbocycles. The number of aryl methyl sites for hydroxylation is 2. The monoisotopic (exact) mass is 700 g/mol. The Hall–Kier alpha value is -4.76. The van der Waals surface area contributed by atoms with Crippen molar-refractivity contribution in [1.29, 1.82) is 21.0 Å². The van der Waals surface area contributed by atoms with E-state index in [0.717, 1.165) is 30.5 Å². The summed E-state index contributed by atoms with van der Waals surface area (Å²) in [5, 5.41) is 44.6. The third-order valence-electron chi connectivity index (χ3n) is 7.96. The molecule has 0 N–H and O–H groups in total. The lowest BCUT2D eigenvalue weighted by Gasteiger charge is -2.10. The molecule has 6 nitrogen and oxygen atoms in total. The summed E-state index contributed by atoms with van der Waals surface area (Å²) in [6.07, 6.45) is 0. The van der Waals surface area contributed by atoms with Crippen LogP contribution in [-0.2, 0) is 14.1 Å². The second-order valence-corrected chi connectivity index (χ2v) is 16.4. The Labute approximate surface area is 286 Å². The van der Waals surface area contributed by atoms with Gasteiger partial charge in [-0.3, -0.25) is 0 Å². The summed E-state index contributed by atoms with van der Waals surface area (Å²) in [6.45, 7) is 0. The molecule has 0 spiro atoms. The maximum absolute atomic E-state index is 10.1. The van der Waals surface area contributed by atoms with Crippen LogP contribution in [-0.4, -0.2) is 9.13 Å². The minimum absolute atomic E-state index is 0.139. The summed E-state index contributed by atoms with van der Waals surface area (Å²) < 4.78 is 9.37. The number of thiophene rings is 6. The van der Waals surface area contributed by atoms with E-state index >= 15 is 0 Å². The second kappa shape index (κ2) is 10.9. The Kier molecular flexibility index (Phi) is 6.83. The zero-order valence-corrected chi connectivity index (χ0v) is 28.8. The van der Waals surface area contributed by atoms with E-state index in [1.807, 2.05) is 48.5 Å². The Balaban J connectivity index is 1.26. The number of nitriles is 4. The average Bonchev–Trinajstić information content (AvgIpc) is 3.90. The fourth-order valence-corrected chi connectivity index (χ4v) is 12.6. The van der Waals surface area contributed by atoms with E-state index in [1.54, 1.807) is 45.3 Å². The van der Waals surface area contributed by atoms with E-state index in [4.69, 9.17) is 0 Å². The SMILES string of the molecule is Cn1c2ccsc2c2sc(-c3ccc(C(=C(C#N)C#N)C(=C(C#N)C#N)c4ccc(-c5cc6c(s5)c5sccc5n6C)s4)s3)cc21. The first-order valence-electron chi connectivity index (χ1n) is 13.7. The molecule has 0 radical (unpaired) electrons. The van der Waals surface area contributed by atoms with Gasteiger partial charge in [-0.1, -0.05) is 0 Å². The lowest BCUT2D eigenvalue weighted by Crippen LogP contribution is -1.94. The largest absolute Gasteiger partial charge is 0.342 e. The first-order chi connectivity index (χ1) is 22.4. The van der Waals surface area contributed by atoms with Crippen molar-refractivity contribution in [3.63, 3.8) is 0 Å². The third kappa shape index (κ3) is 4.17. The predicted octanol–water partition coefficient (Wildman–Crippen LogP) is 11.0. The van der Waals surface area contributed by atoms with E-state index in [0.29, 0.717) is 20.9 Å². The summed E-state index contributed by atoms with van der Waals surface area (Å²) in [7, 11) is 4.14. The smallest absolute Gasteiger partial charge is 0.139 e. The maximum atomic E-state index is 10.1. The summed E-state index contributed by atoms with van der Waals surface area (Å²) in [6, 6.07) is 24.5. The van der Waals surface area contributed by atoms with Gasteiger partial charge in [-0.15, -0.1) is 68.0 Å². The zero-order valence-electron chi connectivity index (χ0n) is 23.9. The molecule has 0 atom stereocenters. The van der Waals surface area contributed by atoms with Crippen LogP contribution in [0.25, 0.3) is 71.5 Å². The number of fused-ring (bicyclic) bond motifs is 6. The molecular formula is C34H16N6S6. The van der Waals surface area contributed by atoms with Gasteiger partial charge in [-0.25, -0.2) is 0 Å². The van der Waals surface area contributed by atoms with Crippen LogP contribution in [0.15, 0.2) is 70.4 Å². The van der Waals surface area contributed by atoms with Crippen LogP contribution in [0.5, 0.6) is 0 Å². The number of hydrogen-bond acceptors (Lipinski definition) is 10. The molecule has 0 fully saturated rings. The first kappa shape index (κ1) is 28.7. The highest BCUT2D eigenvalue weighted by Gasteiger charge is 2.25. The van der Waals surface area contributed by atoms with E-state index in [1.165, 1.54) is 52.5 Å². The highest BCUT2D eigenvalue weighted by Crippen LogP contribution is 2.49. The van der Waals surface area contributed by atoms with Crippen molar-refractivity contribution in [1.82, 2.24) is 9.13 Å². The zero-order chi connectivity index (χ0) is 31.7. The van der Waals surface area contributed by atoms with Crippen LogP contribution in [0, 0.1) is 45.3 Å². The van der Waals surface area contributed by atoms with Gasteiger partial charge in [-0.05, 0) is 59.3 Å². The number of rotatable bonds is 5. The summed E-state index contributed by atoms with van der Waals surface area (Å²) in [5.41, 5.74) is 5.09. The van der Waals surface area contributed by atoms with E-state index in [2.05, 4.69) is 58.3 Å². The molecule has 8 heterocycles. The quantitative estimate of drug-likeness (QED) is 0.132. The van der Waals surface area contributed by atoms with Gasteiger partial charge in [0.2, 0.25) is 0 Å². The molecule has 0 aliphatic rings. The van der Waals surface area contributed by atoms with Crippen molar-refractivity contribution in [2.75, 3.05) is 0 Å². The van der Waals surface area contributed by atoms with Gasteiger partial charge in [0.05, 0.1) is 40.9 Å². The number of hydrogen-bond donors (Lipinski definition) is 0. The molecule has 0 unspecified atom stereocenters. The van der Waals surface area contributed by atoms with Crippen molar-refractivity contribution in [2.24, 2.45) is 14.1 Å². The van der Waals surface area contributed by atoms with Gasteiger partial charge in [0.25, 0.3) is 0 Å². The van der Waals surface area contributed by atoms with Gasteiger partial charge in [0.1, 0.15) is 35.4 Å². The Bertz CT molecular complexity index is 2550. The molecule has 0 saturated heterocycles. The van der Waals surface area contributed by atoms with Crippen molar-refractivity contribution in [3.8, 4) is 43.8 Å². The van der Waals surface area contributed by atoms with Gasteiger partial charge in [-0.2, -0.15) is 21.0 Å². The minimum Gasteiger partial charge on any atom is -0.342 e. The van der Waals surface area contributed by atoms with Crippen LogP contribution in [0.4, 0.5) is 0 Å². The highest BCUT2D eigenvalue weighted by molar-refractivity contribution is 7.31. The molecule has 0 amide bonds. The van der Waals surface area contributed by atoms with Gasteiger partial charge >= 0.3 is 0 Å². The average molecular weight is 701 g/mol. The molecule has 12 heteroatoms. The summed E-state index contributed by atoms with van der Waals surface area (Å²) in [5.74, 6) is 0. The topological polar surface area (TPSA) is 105 Å². The normalized spacial score (nSPS) is 11.2. The number of aromatic nitrogens is 2. The van der Waals surface area contributed by atoms with Crippen molar-refractivity contribution in [3.05, 3.63) is 80.2 Å². The van der Waals surface area contributed by atoms with Gasteiger partial charge in [0.15, 0.2) is 0 Å². The molecule has 0 saturated carbocycles. The minimum atomic E-state index is -0.139. The lowest BCUT2D eigenvalue weighted by atomic mass is 9.94. The van der Waals surface area contributed by atoms with E-state index in [9.17, 15) is 21.0 Å². The molecule has 0 bridgehead atoms. The fraction of sp³-hybridized carbons (Fsp3) is 0.0588. The Morgan fingerprint density at radius 3 is 1.30 bits per heavy atom. The summed E-state index contributed by atoms with van der Waals surface area (Å²) in [4.78, 5) is 5.44. The lowest BCUT2D eigenvalue weighted by molar-refractivity contribution is 1.02. The van der Waals surface area contributed by atoms with Crippen molar-refractivity contribution < 1.29 is 0 Å². The highest BCUT2D eigenvalue weighted by atomic mass is 32.1. The predicted molar refractivity (Wildman–Crippen MR) is 195 cm³/mol. The van der Waals surface area contributed by atoms with Crippen LogP contribution in [0.1, 0.15) is 9.75 Å². The molecule has 0 aliphatic heterocycles. The van der Waals surface area contributed by atoms with Crippen molar-refractivity contribution >= 4 is 120 Å². The number of allylic oxidation sites excluding steroid dienone is 4. The van der Waals surface area contributed by atoms with Crippen LogP contribution >= 0.6 is 68.0 Å². The molecular weight excluding hydrogens is 685 g/mol. The van der Waals surface area contributed by atoms with Crippen LogP contribution in [0.2, 0.25) is 0 Å². The fourth-order valence-electron chi connectivity index (χ4n) is 5.79. The van der Waals surface area contributed by atoms with Gasteiger partial charge in [0, 0.05) is 54.5 Å². The molecule has 8 rings (SSSR count). The standard InChI is InChI=1S/C34H16N6S6/c1-39-19-7-9-41-31(19)33-21(39)11-27(45-33)23-3-5-25(43-23)29(17(13-35)14-36)30(18(15-37)16-38)26-6-4-24(44-26)28-12-22-34(46-28)32-20(40(22)2)8-10-42-32/h3-12H,1-2H3. The van der Waals surface area contributed by atoms with E-state index in [-0.39, 0.29) is 11.1 Å². The molecule has 8 aromatic rings. The molecule has 0 aromatic carbocycles. The first-order valence-corrected chi connectivity index (χ1v) is 18.7. The molecule has 218 valence electrons. The second-order valence-electron chi connectivity index (χ2n) is 10.3. The van der Waals surface area contributed by atoms with Gasteiger partial charge < -0.3 is 9.13 Å². The van der Waals surface area contributed by atoms with Crippen molar-refractivity contribution in [2.45, 2.75) is 0 Å². The third-order valence-corrected chi connectivity index (χ3v) is 14.9. The maximum Gasteiger partial charge on any atom is 0.139 e. The Morgan fingerprint density at radius 2 is 0.913 bits per heavy atom. The molecule has 46 heavy (non-hydrogen) atoms. The number of nitrogens with zero attached hydrogens (tertiary/aromatic N) is 6. The van der Waals surface area contributed by atoms with E-state index < -0.39 is 0 Å². The van der Waals surface area contributed by atoms with Crippen LogP contribution < -0.4 is 0 Å². The van der Waals surface area contributed by atoms with Crippen LogP contribution in [0.3, 0.4) is 0 Å². The summed E-state index contributed by atoms with van der Waals surface area (Å²) >= 11 is 9.79.